The number of rotatable bonds is 1. The van der Waals surface area contributed by atoms with E-state index in [1.165, 1.54) is 12.8 Å². The summed E-state index contributed by atoms with van der Waals surface area (Å²) in [5, 5.41) is 8.42. The Morgan fingerprint density at radius 2 is 2.00 bits per heavy atom. The van der Waals surface area contributed by atoms with Crippen LogP contribution < -0.4 is 4.90 Å². The highest BCUT2D eigenvalue weighted by Gasteiger charge is 2.25. The zero-order valence-electron chi connectivity index (χ0n) is 9.45. The van der Waals surface area contributed by atoms with Crippen LogP contribution in [-0.2, 0) is 0 Å². The average Bonchev–Trinajstić information content (AvgIpc) is 2.25. The molecule has 0 bridgehead atoms. The SMILES string of the molecule is CC1CCC(C)N(c2cc(Cl)nnc2Cl)C1. The molecule has 16 heavy (non-hydrogen) atoms. The van der Waals surface area contributed by atoms with E-state index in [0.29, 0.717) is 22.3 Å². The van der Waals surface area contributed by atoms with Crippen molar-refractivity contribution in [3.63, 3.8) is 0 Å². The third-order valence-corrected chi connectivity index (χ3v) is 3.58. The van der Waals surface area contributed by atoms with Crippen molar-refractivity contribution in [2.24, 2.45) is 5.92 Å². The van der Waals surface area contributed by atoms with Crippen LogP contribution in [-0.4, -0.2) is 22.8 Å². The maximum atomic E-state index is 6.07. The van der Waals surface area contributed by atoms with Gasteiger partial charge < -0.3 is 4.90 Å². The predicted molar refractivity (Wildman–Crippen MR) is 67.3 cm³/mol. The minimum absolute atomic E-state index is 0.393. The smallest absolute Gasteiger partial charge is 0.175 e. The van der Waals surface area contributed by atoms with Gasteiger partial charge in [-0.2, -0.15) is 0 Å². The van der Waals surface area contributed by atoms with Gasteiger partial charge in [0.2, 0.25) is 0 Å². The topological polar surface area (TPSA) is 29.0 Å². The van der Waals surface area contributed by atoms with Crippen molar-refractivity contribution in [1.82, 2.24) is 10.2 Å². The zero-order valence-corrected chi connectivity index (χ0v) is 11.0. The minimum Gasteiger partial charge on any atom is -0.366 e. The first kappa shape index (κ1) is 11.9. The maximum Gasteiger partial charge on any atom is 0.175 e. The largest absolute Gasteiger partial charge is 0.366 e. The molecule has 0 N–H and O–H groups in total. The van der Waals surface area contributed by atoms with Crippen molar-refractivity contribution in [3.05, 3.63) is 16.4 Å². The standard InChI is InChI=1S/C11H15Cl2N3/c1-7-3-4-8(2)16(6-7)9-5-10(12)14-15-11(9)13/h5,7-8H,3-4,6H2,1-2H3. The second-order valence-corrected chi connectivity index (χ2v) is 5.27. The molecule has 2 rings (SSSR count). The summed E-state index contributed by atoms with van der Waals surface area (Å²) >= 11 is 11.9. The first-order valence-electron chi connectivity index (χ1n) is 5.53. The molecule has 0 aliphatic carbocycles. The third kappa shape index (κ3) is 2.41. The van der Waals surface area contributed by atoms with Gasteiger partial charge in [0.15, 0.2) is 10.3 Å². The van der Waals surface area contributed by atoms with E-state index in [2.05, 4.69) is 28.9 Å². The summed E-state index contributed by atoms with van der Waals surface area (Å²) in [6, 6.07) is 2.28. The summed E-state index contributed by atoms with van der Waals surface area (Å²) in [4.78, 5) is 2.27. The number of aromatic nitrogens is 2. The number of hydrogen-bond acceptors (Lipinski definition) is 3. The maximum absolute atomic E-state index is 6.07. The molecule has 3 nitrogen and oxygen atoms in total. The zero-order chi connectivity index (χ0) is 11.7. The number of piperidine rings is 1. The van der Waals surface area contributed by atoms with Crippen molar-refractivity contribution in [2.75, 3.05) is 11.4 Å². The quantitative estimate of drug-likeness (QED) is 0.774. The van der Waals surface area contributed by atoms with Gasteiger partial charge in [-0.25, -0.2) is 0 Å². The number of anilines is 1. The minimum atomic E-state index is 0.393. The molecule has 0 spiro atoms. The molecule has 2 atom stereocenters. The van der Waals surface area contributed by atoms with Gasteiger partial charge in [-0.1, -0.05) is 30.1 Å². The second-order valence-electron chi connectivity index (χ2n) is 4.53. The monoisotopic (exact) mass is 259 g/mol. The van der Waals surface area contributed by atoms with E-state index < -0.39 is 0 Å². The van der Waals surface area contributed by atoms with Gasteiger partial charge in [0, 0.05) is 18.7 Å². The van der Waals surface area contributed by atoms with Crippen LogP contribution in [0.1, 0.15) is 26.7 Å². The van der Waals surface area contributed by atoms with Crippen LogP contribution in [0.25, 0.3) is 0 Å². The van der Waals surface area contributed by atoms with Crippen molar-refractivity contribution in [2.45, 2.75) is 32.7 Å². The molecule has 1 aliphatic rings. The molecule has 1 fully saturated rings. The van der Waals surface area contributed by atoms with Gasteiger partial charge in [0.05, 0.1) is 5.69 Å². The molecule has 0 aromatic carbocycles. The van der Waals surface area contributed by atoms with Gasteiger partial charge in [0.1, 0.15) is 0 Å². The van der Waals surface area contributed by atoms with Crippen LogP contribution >= 0.6 is 23.2 Å². The van der Waals surface area contributed by atoms with Gasteiger partial charge in [0.25, 0.3) is 0 Å². The van der Waals surface area contributed by atoms with E-state index in [0.717, 1.165) is 12.2 Å². The molecule has 1 aliphatic heterocycles. The van der Waals surface area contributed by atoms with Crippen molar-refractivity contribution < 1.29 is 0 Å². The molecular formula is C11H15Cl2N3. The summed E-state index contributed by atoms with van der Waals surface area (Å²) in [6.07, 6.45) is 2.44. The fourth-order valence-corrected chi connectivity index (χ4v) is 2.51. The molecule has 5 heteroatoms. The Bertz CT molecular complexity index is 383. The van der Waals surface area contributed by atoms with Crippen LogP contribution in [0.15, 0.2) is 6.07 Å². The summed E-state index contributed by atoms with van der Waals surface area (Å²) in [5.41, 5.74) is 0.903. The normalized spacial score (nSPS) is 25.9. The average molecular weight is 260 g/mol. The van der Waals surface area contributed by atoms with Gasteiger partial charge in [-0.05, 0) is 25.7 Å². The fourth-order valence-electron chi connectivity index (χ4n) is 2.17. The van der Waals surface area contributed by atoms with E-state index >= 15 is 0 Å². The first-order valence-corrected chi connectivity index (χ1v) is 6.29. The van der Waals surface area contributed by atoms with E-state index in [4.69, 9.17) is 23.2 Å². The fraction of sp³-hybridized carbons (Fsp3) is 0.636. The van der Waals surface area contributed by atoms with E-state index in [-0.39, 0.29) is 0 Å². The molecule has 1 saturated heterocycles. The number of hydrogen-bond donors (Lipinski definition) is 0. The molecule has 0 saturated carbocycles. The van der Waals surface area contributed by atoms with Crippen LogP contribution in [0.2, 0.25) is 10.3 Å². The summed E-state index contributed by atoms with van der Waals surface area (Å²) in [5.74, 6) is 0.680. The third-order valence-electron chi connectivity index (χ3n) is 3.13. The Hall–Kier alpha value is -0.540. The van der Waals surface area contributed by atoms with Crippen LogP contribution in [0.3, 0.4) is 0 Å². The molecule has 1 aromatic heterocycles. The number of nitrogens with zero attached hydrogens (tertiary/aromatic N) is 3. The Kier molecular flexibility index (Phi) is 3.55. The van der Waals surface area contributed by atoms with Crippen molar-refractivity contribution >= 4 is 28.9 Å². The summed E-state index contributed by atoms with van der Waals surface area (Å²) < 4.78 is 0. The molecule has 2 heterocycles. The lowest BCUT2D eigenvalue weighted by molar-refractivity contribution is 0.390. The lowest BCUT2D eigenvalue weighted by atomic mass is 9.95. The molecule has 88 valence electrons. The van der Waals surface area contributed by atoms with Gasteiger partial charge in [-0.15, -0.1) is 10.2 Å². The van der Waals surface area contributed by atoms with Gasteiger partial charge >= 0.3 is 0 Å². The Morgan fingerprint density at radius 3 is 2.75 bits per heavy atom. The Labute approximate surface area is 106 Å². The lowest BCUT2D eigenvalue weighted by Gasteiger charge is -2.38. The highest BCUT2D eigenvalue weighted by Crippen LogP contribution is 2.32. The summed E-state index contributed by atoms with van der Waals surface area (Å²) in [7, 11) is 0. The molecule has 1 aromatic rings. The predicted octanol–water partition coefficient (Wildman–Crippen LogP) is 3.41. The van der Waals surface area contributed by atoms with Crippen LogP contribution in [0.4, 0.5) is 5.69 Å². The molecular weight excluding hydrogens is 245 g/mol. The first-order chi connectivity index (χ1) is 7.58. The Morgan fingerprint density at radius 1 is 1.25 bits per heavy atom. The lowest BCUT2D eigenvalue weighted by Crippen LogP contribution is -2.41. The molecule has 2 unspecified atom stereocenters. The second kappa shape index (κ2) is 4.76. The van der Waals surface area contributed by atoms with E-state index in [1.807, 2.05) is 0 Å². The van der Waals surface area contributed by atoms with E-state index in [1.54, 1.807) is 6.07 Å². The Balaban J connectivity index is 2.30. The summed E-state index contributed by atoms with van der Waals surface area (Å²) in [6.45, 7) is 5.46. The van der Waals surface area contributed by atoms with Gasteiger partial charge in [-0.3, -0.25) is 0 Å². The highest BCUT2D eigenvalue weighted by molar-refractivity contribution is 6.33. The van der Waals surface area contributed by atoms with Crippen molar-refractivity contribution in [1.29, 1.82) is 0 Å². The van der Waals surface area contributed by atoms with Crippen LogP contribution in [0.5, 0.6) is 0 Å². The molecule has 0 radical (unpaired) electrons. The number of halogens is 2. The van der Waals surface area contributed by atoms with Crippen LogP contribution in [0, 0.1) is 5.92 Å². The van der Waals surface area contributed by atoms with Crippen molar-refractivity contribution in [3.8, 4) is 0 Å². The molecule has 0 amide bonds. The highest BCUT2D eigenvalue weighted by atomic mass is 35.5. The van der Waals surface area contributed by atoms with E-state index in [9.17, 15) is 0 Å².